The van der Waals surface area contributed by atoms with Crippen LogP contribution in [-0.2, 0) is 5.41 Å². The largest absolute Gasteiger partial charge is 0.0616 e. The van der Waals surface area contributed by atoms with E-state index in [1.165, 1.54) is 77.2 Å². The van der Waals surface area contributed by atoms with Crippen LogP contribution in [0.4, 0.5) is 0 Å². The van der Waals surface area contributed by atoms with E-state index in [9.17, 15) is 0 Å². The first-order chi connectivity index (χ1) is 17.1. The van der Waals surface area contributed by atoms with Crippen LogP contribution in [-0.4, -0.2) is 0 Å². The van der Waals surface area contributed by atoms with Crippen LogP contribution < -0.4 is 0 Å². The molecular weight excluding hydrogens is 420 g/mol. The van der Waals surface area contributed by atoms with Gasteiger partial charge in [-0.3, -0.25) is 0 Å². The standard InChI is InChI=1S/C35H24/c1-35(2)31-20-24(16-17-26(31)30-18-22-8-3-4-9-23(22)19-32(30)35)25-12-7-14-28-27-13-5-10-21-11-6-15-29(33(21)27)34(25)28/h3-20H,1-2H3. The zero-order valence-electron chi connectivity index (χ0n) is 19.9. The van der Waals surface area contributed by atoms with Crippen molar-refractivity contribution in [3.8, 4) is 44.5 Å². The Morgan fingerprint density at radius 3 is 1.89 bits per heavy atom. The van der Waals surface area contributed by atoms with Gasteiger partial charge in [-0.1, -0.05) is 105 Å². The van der Waals surface area contributed by atoms with Crippen molar-refractivity contribution in [1.82, 2.24) is 0 Å². The van der Waals surface area contributed by atoms with Gasteiger partial charge in [0.05, 0.1) is 0 Å². The zero-order valence-corrected chi connectivity index (χ0v) is 19.9. The third-order valence-corrected chi connectivity index (χ3v) is 8.38. The molecule has 0 fully saturated rings. The van der Waals surface area contributed by atoms with E-state index in [1.54, 1.807) is 0 Å². The second-order valence-electron chi connectivity index (χ2n) is 10.6. The van der Waals surface area contributed by atoms with Gasteiger partial charge in [0.25, 0.3) is 0 Å². The molecule has 0 N–H and O–H groups in total. The minimum atomic E-state index is -0.0361. The number of benzene rings is 6. The molecule has 2 aliphatic carbocycles. The molecule has 8 rings (SSSR count). The van der Waals surface area contributed by atoms with Crippen molar-refractivity contribution in [1.29, 1.82) is 0 Å². The van der Waals surface area contributed by atoms with Crippen LogP contribution in [0.25, 0.3) is 66.1 Å². The maximum absolute atomic E-state index is 2.46. The molecule has 0 amide bonds. The zero-order chi connectivity index (χ0) is 23.3. The second-order valence-corrected chi connectivity index (χ2v) is 10.6. The Bertz CT molecular complexity index is 1860. The fourth-order valence-corrected chi connectivity index (χ4v) is 6.67. The van der Waals surface area contributed by atoms with Gasteiger partial charge in [-0.2, -0.15) is 0 Å². The van der Waals surface area contributed by atoms with Gasteiger partial charge in [-0.25, -0.2) is 0 Å². The number of fused-ring (bicyclic) bond motifs is 7. The van der Waals surface area contributed by atoms with Crippen molar-refractivity contribution < 1.29 is 0 Å². The molecule has 0 heteroatoms. The minimum absolute atomic E-state index is 0.0361. The molecule has 0 bridgehead atoms. The molecule has 0 spiro atoms. The van der Waals surface area contributed by atoms with Gasteiger partial charge in [0, 0.05) is 5.41 Å². The summed E-state index contributed by atoms with van der Waals surface area (Å²) in [6, 6.07) is 40.9. The van der Waals surface area contributed by atoms with Crippen LogP contribution in [0.15, 0.2) is 109 Å². The Kier molecular flexibility index (Phi) is 3.56. The highest BCUT2D eigenvalue weighted by molar-refractivity contribution is 6.18. The number of hydrogen-bond donors (Lipinski definition) is 0. The minimum Gasteiger partial charge on any atom is -0.0616 e. The molecule has 0 nitrogen and oxygen atoms in total. The topological polar surface area (TPSA) is 0 Å². The summed E-state index contributed by atoms with van der Waals surface area (Å²) in [7, 11) is 0. The highest BCUT2D eigenvalue weighted by atomic mass is 14.4. The molecule has 0 aliphatic heterocycles. The first-order valence-corrected chi connectivity index (χ1v) is 12.5. The van der Waals surface area contributed by atoms with E-state index >= 15 is 0 Å². The molecule has 6 aromatic rings. The molecule has 0 aromatic heterocycles. The lowest BCUT2D eigenvalue weighted by Crippen LogP contribution is -2.15. The fraction of sp³-hybridized carbons (Fsp3) is 0.0857. The van der Waals surface area contributed by atoms with E-state index in [0.717, 1.165) is 0 Å². The van der Waals surface area contributed by atoms with Crippen molar-refractivity contribution in [2.45, 2.75) is 19.3 Å². The highest BCUT2D eigenvalue weighted by Crippen LogP contribution is 2.54. The predicted octanol–water partition coefficient (Wildman–Crippen LogP) is 9.61. The fourth-order valence-electron chi connectivity index (χ4n) is 6.67. The quantitative estimate of drug-likeness (QED) is 0.236. The van der Waals surface area contributed by atoms with E-state index in [2.05, 4.69) is 123 Å². The normalized spacial score (nSPS) is 14.2. The van der Waals surface area contributed by atoms with Gasteiger partial charge in [0.1, 0.15) is 0 Å². The summed E-state index contributed by atoms with van der Waals surface area (Å²) in [4.78, 5) is 0. The lowest BCUT2D eigenvalue weighted by molar-refractivity contribution is 0.661. The Hall–Kier alpha value is -4.16. The van der Waals surface area contributed by atoms with E-state index in [1.807, 2.05) is 0 Å². The average molecular weight is 445 g/mol. The Morgan fingerprint density at radius 2 is 1.06 bits per heavy atom. The van der Waals surface area contributed by atoms with Gasteiger partial charge >= 0.3 is 0 Å². The van der Waals surface area contributed by atoms with Crippen molar-refractivity contribution in [2.75, 3.05) is 0 Å². The van der Waals surface area contributed by atoms with Gasteiger partial charge < -0.3 is 0 Å². The summed E-state index contributed by atoms with van der Waals surface area (Å²) in [5.74, 6) is 0. The van der Waals surface area contributed by atoms with Crippen LogP contribution in [0, 0.1) is 0 Å². The first kappa shape index (κ1) is 19.2. The molecule has 2 aliphatic rings. The summed E-state index contributed by atoms with van der Waals surface area (Å²) in [6.45, 7) is 4.75. The Morgan fingerprint density at radius 1 is 0.429 bits per heavy atom. The van der Waals surface area contributed by atoms with Gasteiger partial charge in [0.2, 0.25) is 0 Å². The Labute approximate surface area is 205 Å². The SMILES string of the molecule is CC1(C)c2cc(-c3cccc4c3-c3cccc5cccc-4c35)ccc2-c2cc3ccccc3cc21. The first-order valence-electron chi connectivity index (χ1n) is 12.5. The maximum Gasteiger partial charge on any atom is 0.0159 e. The summed E-state index contributed by atoms with van der Waals surface area (Å²) in [6.07, 6.45) is 0. The van der Waals surface area contributed by atoms with E-state index in [-0.39, 0.29) is 5.41 Å². The lowest BCUT2D eigenvalue weighted by atomic mass is 9.80. The van der Waals surface area contributed by atoms with Gasteiger partial charge in [-0.05, 0) is 95.4 Å². The summed E-state index contributed by atoms with van der Waals surface area (Å²) in [5, 5.41) is 5.34. The highest BCUT2D eigenvalue weighted by Gasteiger charge is 2.36. The van der Waals surface area contributed by atoms with E-state index in [0.29, 0.717) is 0 Å². The molecule has 0 saturated heterocycles. The number of hydrogen-bond acceptors (Lipinski definition) is 0. The number of rotatable bonds is 1. The van der Waals surface area contributed by atoms with Crippen LogP contribution in [0.1, 0.15) is 25.0 Å². The molecule has 35 heavy (non-hydrogen) atoms. The van der Waals surface area contributed by atoms with Crippen LogP contribution in [0.2, 0.25) is 0 Å². The third-order valence-electron chi connectivity index (χ3n) is 8.38. The molecule has 6 aromatic carbocycles. The molecular formula is C35H24. The maximum atomic E-state index is 2.46. The second kappa shape index (κ2) is 6.49. The lowest BCUT2D eigenvalue weighted by Gasteiger charge is -2.22. The predicted molar refractivity (Wildman–Crippen MR) is 149 cm³/mol. The van der Waals surface area contributed by atoms with Crippen LogP contribution >= 0.6 is 0 Å². The van der Waals surface area contributed by atoms with Crippen LogP contribution in [0.5, 0.6) is 0 Å². The van der Waals surface area contributed by atoms with Gasteiger partial charge in [0.15, 0.2) is 0 Å². The van der Waals surface area contributed by atoms with Crippen LogP contribution in [0.3, 0.4) is 0 Å². The monoisotopic (exact) mass is 444 g/mol. The summed E-state index contributed by atoms with van der Waals surface area (Å²) in [5.41, 5.74) is 13.6. The third kappa shape index (κ3) is 2.42. The summed E-state index contributed by atoms with van der Waals surface area (Å²) >= 11 is 0. The van der Waals surface area contributed by atoms with Crippen molar-refractivity contribution >= 4 is 21.5 Å². The molecule has 0 radical (unpaired) electrons. The van der Waals surface area contributed by atoms with Gasteiger partial charge in [-0.15, -0.1) is 0 Å². The Balaban J connectivity index is 1.36. The van der Waals surface area contributed by atoms with E-state index in [4.69, 9.17) is 0 Å². The average Bonchev–Trinajstić information content (AvgIpc) is 3.34. The molecule has 0 saturated carbocycles. The molecule has 0 atom stereocenters. The van der Waals surface area contributed by atoms with E-state index < -0.39 is 0 Å². The van der Waals surface area contributed by atoms with Crippen molar-refractivity contribution in [3.63, 3.8) is 0 Å². The summed E-state index contributed by atoms with van der Waals surface area (Å²) < 4.78 is 0. The molecule has 0 heterocycles. The van der Waals surface area contributed by atoms with Crippen molar-refractivity contribution in [3.05, 3.63) is 120 Å². The molecule has 0 unspecified atom stereocenters. The molecule has 164 valence electrons. The smallest absolute Gasteiger partial charge is 0.0159 e. The van der Waals surface area contributed by atoms with Crippen molar-refractivity contribution in [2.24, 2.45) is 0 Å².